The van der Waals surface area contributed by atoms with Crippen LogP contribution in [0.25, 0.3) is 0 Å². The van der Waals surface area contributed by atoms with Crippen molar-refractivity contribution in [3.63, 3.8) is 0 Å². The summed E-state index contributed by atoms with van der Waals surface area (Å²) in [5.74, 6) is -52.0. The van der Waals surface area contributed by atoms with Crippen LogP contribution < -0.4 is 5.32 Å². The quantitative estimate of drug-likeness (QED) is 0.350. The zero-order valence-electron chi connectivity index (χ0n) is 14.6. The van der Waals surface area contributed by atoms with E-state index in [0.29, 0.717) is 6.07 Å². The summed E-state index contributed by atoms with van der Waals surface area (Å²) in [6.07, 6.45) is -7.71. The topological polar surface area (TPSA) is 29.1 Å². The molecule has 0 aliphatic heterocycles. The molecule has 1 aromatic carbocycles. The summed E-state index contributed by atoms with van der Waals surface area (Å²) in [6.45, 7) is 0. The molecule has 0 heterocycles. The monoisotopic (exact) mass is 557 g/mol. The standard InChI is InChI=1S/C14H4Cl2F15NO/c15-4-2-1-3-5(6(4)16)32-7(33)8(17,18)9(19,20)10(21,22)11(23,24)12(25,26)13(27,28)14(29,30)31/h1-3H,(H,32,33). The fraction of sp³-hybridized carbons (Fsp3) is 0.500. The minimum atomic E-state index is -8.49. The van der Waals surface area contributed by atoms with Crippen molar-refractivity contribution in [3.05, 3.63) is 28.2 Å². The lowest BCUT2D eigenvalue weighted by Gasteiger charge is -2.41. The average Bonchev–Trinajstić information content (AvgIpc) is 2.63. The van der Waals surface area contributed by atoms with Gasteiger partial charge in [0, 0.05) is 0 Å². The van der Waals surface area contributed by atoms with Crippen LogP contribution in [0.1, 0.15) is 0 Å². The van der Waals surface area contributed by atoms with Crippen molar-refractivity contribution in [1.29, 1.82) is 0 Å². The molecule has 0 radical (unpaired) electrons. The maximum atomic E-state index is 13.8. The van der Waals surface area contributed by atoms with Crippen molar-refractivity contribution < 1.29 is 70.7 Å². The van der Waals surface area contributed by atoms with E-state index in [1.807, 2.05) is 0 Å². The molecule has 0 aromatic heterocycles. The normalized spacial score (nSPS) is 14.9. The number of carbonyl (C=O) groups is 1. The van der Waals surface area contributed by atoms with Crippen molar-refractivity contribution in [2.45, 2.75) is 41.7 Å². The van der Waals surface area contributed by atoms with Crippen LogP contribution in [0.2, 0.25) is 10.0 Å². The second kappa shape index (κ2) is 8.16. The van der Waals surface area contributed by atoms with Gasteiger partial charge in [0.15, 0.2) is 0 Å². The molecule has 0 bridgehead atoms. The van der Waals surface area contributed by atoms with Crippen LogP contribution in [0.15, 0.2) is 18.2 Å². The van der Waals surface area contributed by atoms with Gasteiger partial charge in [-0.1, -0.05) is 29.3 Å². The van der Waals surface area contributed by atoms with Gasteiger partial charge in [-0.2, -0.15) is 65.9 Å². The van der Waals surface area contributed by atoms with Crippen LogP contribution in [0.5, 0.6) is 0 Å². The highest BCUT2D eigenvalue weighted by atomic mass is 35.5. The molecule has 1 amide bonds. The van der Waals surface area contributed by atoms with Gasteiger partial charge in [-0.15, -0.1) is 0 Å². The van der Waals surface area contributed by atoms with E-state index in [4.69, 9.17) is 23.2 Å². The van der Waals surface area contributed by atoms with Crippen LogP contribution in [-0.2, 0) is 4.79 Å². The smallest absolute Gasteiger partial charge is 0.319 e. The number of nitrogens with one attached hydrogen (secondary N) is 1. The highest BCUT2D eigenvalue weighted by Gasteiger charge is 2.94. The molecule has 0 unspecified atom stereocenters. The summed E-state index contributed by atoms with van der Waals surface area (Å²) in [6, 6.07) is 2.26. The summed E-state index contributed by atoms with van der Waals surface area (Å²) in [4.78, 5) is 11.4. The summed E-state index contributed by atoms with van der Waals surface area (Å²) >= 11 is 10.8. The minimum absolute atomic E-state index is 0.533. The van der Waals surface area contributed by atoms with Crippen LogP contribution in [0.3, 0.4) is 0 Å². The number of amides is 1. The number of benzene rings is 1. The average molecular weight is 558 g/mol. The van der Waals surface area contributed by atoms with Crippen molar-refractivity contribution in [2.24, 2.45) is 0 Å². The molecule has 0 atom stereocenters. The Morgan fingerprint density at radius 1 is 0.636 bits per heavy atom. The molecule has 1 N–H and O–H groups in total. The lowest BCUT2D eigenvalue weighted by atomic mass is 9.91. The molecular formula is C14H4Cl2F15NO. The van der Waals surface area contributed by atoms with E-state index < -0.39 is 63.4 Å². The molecule has 0 aliphatic carbocycles. The van der Waals surface area contributed by atoms with Gasteiger partial charge in [0.25, 0.3) is 0 Å². The summed E-state index contributed by atoms with van der Waals surface area (Å²) < 4.78 is 196. The third kappa shape index (κ3) is 4.14. The first-order valence-corrected chi connectivity index (χ1v) is 8.17. The summed E-state index contributed by atoms with van der Waals surface area (Å²) in [7, 11) is 0. The zero-order valence-corrected chi connectivity index (χ0v) is 16.1. The molecule has 1 aromatic rings. The third-order valence-corrected chi connectivity index (χ3v) is 4.63. The van der Waals surface area contributed by atoms with Gasteiger partial charge in [-0.3, -0.25) is 4.79 Å². The van der Waals surface area contributed by atoms with Gasteiger partial charge in [0.1, 0.15) is 0 Å². The second-order valence-electron chi connectivity index (χ2n) is 6.00. The van der Waals surface area contributed by atoms with Crippen LogP contribution in [-0.4, -0.2) is 47.6 Å². The van der Waals surface area contributed by atoms with E-state index in [-0.39, 0.29) is 0 Å². The molecule has 0 spiro atoms. The molecule has 1 rings (SSSR count). The van der Waals surface area contributed by atoms with Crippen molar-refractivity contribution >= 4 is 34.8 Å². The first-order chi connectivity index (χ1) is 14.3. The molecule has 190 valence electrons. The number of hydrogen-bond acceptors (Lipinski definition) is 1. The molecule has 19 heteroatoms. The molecular weight excluding hydrogens is 554 g/mol. The van der Waals surface area contributed by atoms with E-state index in [2.05, 4.69) is 0 Å². The SMILES string of the molecule is O=C(Nc1cccc(Cl)c1Cl)C(F)(F)C(F)(F)C(F)(F)C(F)(F)C(F)(F)C(F)(F)C(F)(F)F. The van der Waals surface area contributed by atoms with E-state index in [1.54, 1.807) is 0 Å². The number of carbonyl (C=O) groups excluding carboxylic acids is 1. The van der Waals surface area contributed by atoms with Crippen molar-refractivity contribution in [3.8, 4) is 0 Å². The molecule has 0 fully saturated rings. The van der Waals surface area contributed by atoms with E-state index in [9.17, 15) is 70.7 Å². The number of hydrogen-bond donors (Lipinski definition) is 1. The fourth-order valence-corrected chi connectivity index (χ4v) is 2.26. The van der Waals surface area contributed by atoms with Gasteiger partial charge in [-0.25, -0.2) is 0 Å². The Labute approximate surface area is 181 Å². The third-order valence-electron chi connectivity index (χ3n) is 3.81. The van der Waals surface area contributed by atoms with Gasteiger partial charge in [0.05, 0.1) is 15.7 Å². The lowest BCUT2D eigenvalue weighted by molar-refractivity contribution is -0.449. The summed E-state index contributed by atoms with van der Waals surface area (Å²) in [5.41, 5.74) is -1.12. The highest BCUT2D eigenvalue weighted by molar-refractivity contribution is 6.44. The Morgan fingerprint density at radius 2 is 1.03 bits per heavy atom. The van der Waals surface area contributed by atoms with Crippen molar-refractivity contribution in [2.75, 3.05) is 5.32 Å². The summed E-state index contributed by atoms with van der Waals surface area (Å²) in [5, 5.41) is -0.714. The largest absolute Gasteiger partial charge is 0.460 e. The highest BCUT2D eigenvalue weighted by Crippen LogP contribution is 2.62. The first kappa shape index (κ1) is 29.3. The first-order valence-electron chi connectivity index (χ1n) is 7.41. The Bertz CT molecular complexity index is 912. The number of rotatable bonds is 7. The lowest BCUT2D eigenvalue weighted by Crippen LogP contribution is -2.73. The predicted octanol–water partition coefficient (Wildman–Crippen LogP) is 7.31. The molecule has 2 nitrogen and oxygen atoms in total. The Balaban J connectivity index is 3.53. The van der Waals surface area contributed by atoms with Crippen molar-refractivity contribution in [1.82, 2.24) is 0 Å². The Morgan fingerprint density at radius 3 is 1.45 bits per heavy atom. The number of anilines is 1. The van der Waals surface area contributed by atoms with E-state index >= 15 is 0 Å². The van der Waals surface area contributed by atoms with Gasteiger partial charge in [0.2, 0.25) is 0 Å². The zero-order chi connectivity index (χ0) is 26.6. The molecule has 0 saturated carbocycles. The van der Waals surface area contributed by atoms with Gasteiger partial charge < -0.3 is 5.32 Å². The van der Waals surface area contributed by atoms with E-state index in [1.165, 1.54) is 0 Å². The van der Waals surface area contributed by atoms with Gasteiger partial charge in [-0.05, 0) is 12.1 Å². The number of halogens is 17. The maximum absolute atomic E-state index is 13.8. The molecule has 33 heavy (non-hydrogen) atoms. The van der Waals surface area contributed by atoms with Crippen LogP contribution >= 0.6 is 23.2 Å². The Hall–Kier alpha value is -1.78. The Kier molecular flexibility index (Phi) is 7.24. The number of alkyl halides is 15. The fourth-order valence-electron chi connectivity index (χ4n) is 1.91. The maximum Gasteiger partial charge on any atom is 0.460 e. The van der Waals surface area contributed by atoms with Gasteiger partial charge >= 0.3 is 47.6 Å². The van der Waals surface area contributed by atoms with E-state index in [0.717, 1.165) is 17.4 Å². The predicted molar refractivity (Wildman–Crippen MR) is 80.8 cm³/mol. The van der Waals surface area contributed by atoms with Crippen LogP contribution in [0, 0.1) is 0 Å². The molecule has 0 aliphatic rings. The minimum Gasteiger partial charge on any atom is -0.319 e. The van der Waals surface area contributed by atoms with Crippen LogP contribution in [0.4, 0.5) is 71.5 Å². The second-order valence-corrected chi connectivity index (χ2v) is 6.78. The molecule has 0 saturated heterocycles.